The predicted molar refractivity (Wildman–Crippen MR) is 70.4 cm³/mol. The van der Waals surface area contributed by atoms with Crippen LogP contribution in [0.4, 0.5) is 4.39 Å². The largest absolute Gasteiger partial charge is 0.376 e. The van der Waals surface area contributed by atoms with Crippen molar-refractivity contribution in [2.24, 2.45) is 0 Å². The number of hydrogen-bond donors (Lipinski definition) is 1. The molecule has 7 nitrogen and oxygen atoms in total. The first-order valence-electron chi connectivity index (χ1n) is 6.67. The van der Waals surface area contributed by atoms with Crippen molar-refractivity contribution in [1.29, 1.82) is 0 Å². The second kappa shape index (κ2) is 5.96. The van der Waals surface area contributed by atoms with Crippen molar-refractivity contribution in [3.63, 3.8) is 0 Å². The number of carbonyl (C=O) groups is 1. The maximum absolute atomic E-state index is 13.4. The summed E-state index contributed by atoms with van der Waals surface area (Å²) >= 11 is 0. The SMILES string of the molecule is O=C(NC[C@@H]1CCCO1)c1cc(F)ccc1-n1cnnn1. The number of ether oxygens (including phenoxy) is 1. The van der Waals surface area contributed by atoms with E-state index in [0.29, 0.717) is 12.2 Å². The molecular formula is C13H14FN5O2. The van der Waals surface area contributed by atoms with Crippen molar-refractivity contribution in [3.8, 4) is 5.69 Å². The maximum Gasteiger partial charge on any atom is 0.253 e. The van der Waals surface area contributed by atoms with E-state index in [-0.39, 0.29) is 17.6 Å². The highest BCUT2D eigenvalue weighted by molar-refractivity contribution is 5.97. The molecule has 1 fully saturated rings. The highest BCUT2D eigenvalue weighted by Gasteiger charge is 2.19. The van der Waals surface area contributed by atoms with Crippen LogP contribution in [0.25, 0.3) is 5.69 Å². The van der Waals surface area contributed by atoms with Gasteiger partial charge in [0.25, 0.3) is 5.91 Å². The molecule has 1 aliphatic rings. The summed E-state index contributed by atoms with van der Waals surface area (Å²) in [6.45, 7) is 1.13. The third-order valence-electron chi connectivity index (χ3n) is 3.31. The molecule has 21 heavy (non-hydrogen) atoms. The van der Waals surface area contributed by atoms with Gasteiger partial charge in [-0.15, -0.1) is 5.10 Å². The lowest BCUT2D eigenvalue weighted by atomic mass is 10.1. The van der Waals surface area contributed by atoms with Gasteiger partial charge in [-0.1, -0.05) is 0 Å². The first-order valence-corrected chi connectivity index (χ1v) is 6.67. The summed E-state index contributed by atoms with van der Waals surface area (Å²) in [5.41, 5.74) is 0.603. The Hall–Kier alpha value is -2.35. The summed E-state index contributed by atoms with van der Waals surface area (Å²) in [4.78, 5) is 12.3. The van der Waals surface area contributed by atoms with E-state index >= 15 is 0 Å². The monoisotopic (exact) mass is 291 g/mol. The average Bonchev–Trinajstić information content (AvgIpc) is 3.18. The van der Waals surface area contributed by atoms with E-state index in [1.807, 2.05) is 0 Å². The van der Waals surface area contributed by atoms with E-state index in [1.165, 1.54) is 29.2 Å². The zero-order valence-corrected chi connectivity index (χ0v) is 11.2. The average molecular weight is 291 g/mol. The number of hydrogen-bond acceptors (Lipinski definition) is 5. The lowest BCUT2D eigenvalue weighted by Gasteiger charge is -2.12. The Labute approximate surface area is 120 Å². The molecule has 1 atom stereocenters. The Morgan fingerprint density at radius 3 is 3.14 bits per heavy atom. The number of aromatic nitrogens is 4. The molecular weight excluding hydrogens is 277 g/mol. The minimum Gasteiger partial charge on any atom is -0.376 e. The van der Waals surface area contributed by atoms with Crippen LogP contribution in [0.3, 0.4) is 0 Å². The molecule has 2 heterocycles. The van der Waals surface area contributed by atoms with Crippen molar-refractivity contribution < 1.29 is 13.9 Å². The molecule has 0 unspecified atom stereocenters. The molecule has 1 aromatic carbocycles. The first-order chi connectivity index (χ1) is 10.2. The second-order valence-electron chi connectivity index (χ2n) is 4.76. The number of nitrogens with zero attached hydrogens (tertiary/aromatic N) is 4. The van der Waals surface area contributed by atoms with Gasteiger partial charge >= 0.3 is 0 Å². The van der Waals surface area contributed by atoms with Crippen molar-refractivity contribution in [3.05, 3.63) is 35.9 Å². The third-order valence-corrected chi connectivity index (χ3v) is 3.31. The van der Waals surface area contributed by atoms with E-state index in [2.05, 4.69) is 20.8 Å². The van der Waals surface area contributed by atoms with Crippen LogP contribution in [0.1, 0.15) is 23.2 Å². The summed E-state index contributed by atoms with van der Waals surface area (Å²) in [6.07, 6.45) is 3.29. The van der Waals surface area contributed by atoms with Gasteiger partial charge < -0.3 is 10.1 Å². The summed E-state index contributed by atoms with van der Waals surface area (Å²) in [5, 5.41) is 13.5. The Kier molecular flexibility index (Phi) is 3.87. The van der Waals surface area contributed by atoms with Crippen molar-refractivity contribution in [2.75, 3.05) is 13.2 Å². The van der Waals surface area contributed by atoms with Gasteiger partial charge in [0, 0.05) is 13.2 Å². The fourth-order valence-corrected chi connectivity index (χ4v) is 2.27. The molecule has 1 amide bonds. The van der Waals surface area contributed by atoms with Gasteiger partial charge in [-0.25, -0.2) is 4.39 Å². The fourth-order valence-electron chi connectivity index (χ4n) is 2.27. The van der Waals surface area contributed by atoms with E-state index in [9.17, 15) is 9.18 Å². The minimum atomic E-state index is -0.492. The van der Waals surface area contributed by atoms with Crippen LogP contribution in [0, 0.1) is 5.82 Å². The summed E-state index contributed by atoms with van der Waals surface area (Å²) in [7, 11) is 0. The van der Waals surface area contributed by atoms with Gasteiger partial charge in [-0.2, -0.15) is 4.68 Å². The number of halogens is 1. The van der Waals surface area contributed by atoms with E-state index < -0.39 is 5.82 Å². The van der Waals surface area contributed by atoms with Crippen LogP contribution < -0.4 is 5.32 Å². The molecule has 0 aliphatic carbocycles. The van der Waals surface area contributed by atoms with Crippen molar-refractivity contribution in [1.82, 2.24) is 25.5 Å². The predicted octanol–water partition coefficient (Wildman–Crippen LogP) is 0.710. The van der Waals surface area contributed by atoms with Gasteiger partial charge in [0.2, 0.25) is 0 Å². The number of carbonyl (C=O) groups excluding carboxylic acids is 1. The molecule has 1 aromatic heterocycles. The first kappa shape index (κ1) is 13.6. The highest BCUT2D eigenvalue weighted by Crippen LogP contribution is 2.16. The number of benzene rings is 1. The Morgan fingerprint density at radius 1 is 1.52 bits per heavy atom. The molecule has 110 valence electrons. The van der Waals surface area contributed by atoms with Gasteiger partial charge in [-0.3, -0.25) is 4.79 Å². The third kappa shape index (κ3) is 3.05. The quantitative estimate of drug-likeness (QED) is 0.897. The van der Waals surface area contributed by atoms with Gasteiger partial charge in [0.1, 0.15) is 12.1 Å². The summed E-state index contributed by atoms with van der Waals surface area (Å²) < 4.78 is 20.2. The zero-order chi connectivity index (χ0) is 14.7. The normalized spacial score (nSPS) is 17.9. The minimum absolute atomic E-state index is 0.0268. The van der Waals surface area contributed by atoms with Crippen LogP contribution in [-0.2, 0) is 4.74 Å². The van der Waals surface area contributed by atoms with E-state index in [4.69, 9.17) is 4.74 Å². The van der Waals surface area contributed by atoms with E-state index in [1.54, 1.807) is 0 Å². The van der Waals surface area contributed by atoms with Crippen LogP contribution in [0.2, 0.25) is 0 Å². The summed E-state index contributed by atoms with van der Waals surface area (Å²) in [5.74, 6) is -0.871. The Balaban J connectivity index is 1.79. The lowest BCUT2D eigenvalue weighted by molar-refractivity contribution is 0.0857. The van der Waals surface area contributed by atoms with E-state index in [0.717, 1.165) is 19.4 Å². The molecule has 3 rings (SSSR count). The molecule has 2 aromatic rings. The highest BCUT2D eigenvalue weighted by atomic mass is 19.1. The molecule has 1 saturated heterocycles. The van der Waals surface area contributed by atoms with Crippen LogP contribution in [0.5, 0.6) is 0 Å². The van der Waals surface area contributed by atoms with Crippen LogP contribution in [0.15, 0.2) is 24.5 Å². The Morgan fingerprint density at radius 2 is 2.43 bits per heavy atom. The second-order valence-corrected chi connectivity index (χ2v) is 4.76. The summed E-state index contributed by atoms with van der Waals surface area (Å²) in [6, 6.07) is 3.89. The molecule has 8 heteroatoms. The number of rotatable bonds is 4. The van der Waals surface area contributed by atoms with Gasteiger partial charge in [-0.05, 0) is 41.5 Å². The van der Waals surface area contributed by atoms with Gasteiger partial charge in [0.15, 0.2) is 0 Å². The smallest absolute Gasteiger partial charge is 0.253 e. The van der Waals surface area contributed by atoms with Crippen molar-refractivity contribution >= 4 is 5.91 Å². The molecule has 0 radical (unpaired) electrons. The molecule has 0 spiro atoms. The lowest BCUT2D eigenvalue weighted by Crippen LogP contribution is -2.32. The molecule has 1 aliphatic heterocycles. The molecule has 0 bridgehead atoms. The van der Waals surface area contributed by atoms with Crippen LogP contribution >= 0.6 is 0 Å². The number of amides is 1. The maximum atomic E-state index is 13.4. The fraction of sp³-hybridized carbons (Fsp3) is 0.385. The number of nitrogens with one attached hydrogen (secondary N) is 1. The standard InChI is InChI=1S/C13H14FN5O2/c14-9-3-4-12(19-8-16-17-18-19)11(6-9)13(20)15-7-10-2-1-5-21-10/h3-4,6,8,10H,1-2,5,7H2,(H,15,20)/t10-/m0/s1. The topological polar surface area (TPSA) is 81.9 Å². The molecule has 0 saturated carbocycles. The Bertz CT molecular complexity index is 625. The van der Waals surface area contributed by atoms with Crippen molar-refractivity contribution in [2.45, 2.75) is 18.9 Å². The number of tetrazole rings is 1. The van der Waals surface area contributed by atoms with Gasteiger partial charge in [0.05, 0.1) is 17.4 Å². The van der Waals surface area contributed by atoms with Crippen LogP contribution in [-0.4, -0.2) is 45.4 Å². The zero-order valence-electron chi connectivity index (χ0n) is 11.2. The molecule has 1 N–H and O–H groups in total.